The Kier molecular flexibility index (Phi) is 7.08. The zero-order valence-electron chi connectivity index (χ0n) is 17.7. The molecule has 32 heavy (non-hydrogen) atoms. The van der Waals surface area contributed by atoms with Gasteiger partial charge in [0, 0.05) is 30.2 Å². The number of hydrogen-bond acceptors (Lipinski definition) is 5. The molecule has 5 nitrogen and oxygen atoms in total. The van der Waals surface area contributed by atoms with Crippen LogP contribution in [0.3, 0.4) is 0 Å². The van der Waals surface area contributed by atoms with Crippen LogP contribution in [0.1, 0.15) is 38.8 Å². The second kappa shape index (κ2) is 9.98. The maximum Gasteiger partial charge on any atom is 0.263 e. The van der Waals surface area contributed by atoms with Gasteiger partial charge >= 0.3 is 0 Å². The molecule has 0 spiro atoms. The highest BCUT2D eigenvalue weighted by Crippen LogP contribution is 2.34. The highest BCUT2D eigenvalue weighted by molar-refractivity contribution is 7.13. The Morgan fingerprint density at radius 1 is 1.19 bits per heavy atom. The number of carbonyl (C=O) groups is 1. The van der Waals surface area contributed by atoms with Crippen molar-refractivity contribution < 1.29 is 18.7 Å². The predicted octanol–water partition coefficient (Wildman–Crippen LogP) is 5.30. The number of nitrogens with zero attached hydrogens (tertiary/aromatic N) is 1. The number of nitrogens with one attached hydrogen (secondary N) is 1. The zero-order valence-corrected chi connectivity index (χ0v) is 19.3. The van der Waals surface area contributed by atoms with Gasteiger partial charge in [-0.25, -0.2) is 9.37 Å². The fourth-order valence-corrected chi connectivity index (χ4v) is 4.88. The highest BCUT2D eigenvalue weighted by atomic mass is 35.5. The summed E-state index contributed by atoms with van der Waals surface area (Å²) in [5.41, 5.74) is 1.41. The molecule has 0 bridgehead atoms. The fourth-order valence-electron chi connectivity index (χ4n) is 3.86. The van der Waals surface area contributed by atoms with Gasteiger partial charge in [0.15, 0.2) is 0 Å². The molecule has 4 rings (SSSR count). The van der Waals surface area contributed by atoms with Crippen molar-refractivity contribution in [2.24, 2.45) is 0 Å². The number of amides is 1. The molecule has 1 fully saturated rings. The molecule has 8 heteroatoms. The first-order valence-corrected chi connectivity index (χ1v) is 11.6. The lowest BCUT2D eigenvalue weighted by Gasteiger charge is -2.38. The Labute approximate surface area is 195 Å². The number of halogens is 2. The van der Waals surface area contributed by atoms with Gasteiger partial charge < -0.3 is 14.8 Å². The molecule has 1 saturated heterocycles. The van der Waals surface area contributed by atoms with E-state index >= 15 is 0 Å². The Balaban J connectivity index is 1.42. The average molecular weight is 475 g/mol. The summed E-state index contributed by atoms with van der Waals surface area (Å²) in [6.45, 7) is 3.77. The van der Waals surface area contributed by atoms with Crippen LogP contribution in [0.5, 0.6) is 5.75 Å². The van der Waals surface area contributed by atoms with Crippen molar-refractivity contribution in [3.8, 4) is 5.75 Å². The fraction of sp³-hybridized carbons (Fsp3) is 0.333. The Hall–Kier alpha value is -2.48. The minimum Gasteiger partial charge on any atom is -0.486 e. The first kappa shape index (κ1) is 22.7. The molecular weight excluding hydrogens is 451 g/mol. The van der Waals surface area contributed by atoms with E-state index in [2.05, 4.69) is 10.3 Å². The molecule has 2 heterocycles. The van der Waals surface area contributed by atoms with Gasteiger partial charge in [0.2, 0.25) is 0 Å². The number of carbonyl (C=O) groups excluding carboxylic acids is 1. The molecule has 2 aromatic carbocycles. The van der Waals surface area contributed by atoms with E-state index in [9.17, 15) is 9.18 Å². The van der Waals surface area contributed by atoms with Crippen LogP contribution < -0.4 is 10.1 Å². The van der Waals surface area contributed by atoms with Crippen molar-refractivity contribution in [1.82, 2.24) is 10.3 Å². The van der Waals surface area contributed by atoms with Crippen LogP contribution in [0.15, 0.2) is 48.5 Å². The van der Waals surface area contributed by atoms with Crippen LogP contribution in [0, 0.1) is 12.7 Å². The van der Waals surface area contributed by atoms with Crippen molar-refractivity contribution in [2.75, 3.05) is 19.8 Å². The van der Waals surface area contributed by atoms with E-state index in [1.54, 1.807) is 36.4 Å². The molecule has 1 amide bonds. The Morgan fingerprint density at radius 2 is 1.88 bits per heavy atom. The van der Waals surface area contributed by atoms with Crippen LogP contribution in [0.25, 0.3) is 0 Å². The van der Waals surface area contributed by atoms with E-state index in [0.717, 1.165) is 23.4 Å². The molecule has 168 valence electrons. The third-order valence-electron chi connectivity index (χ3n) is 5.72. The van der Waals surface area contributed by atoms with Gasteiger partial charge in [-0.15, -0.1) is 11.3 Å². The van der Waals surface area contributed by atoms with Crippen molar-refractivity contribution in [2.45, 2.75) is 31.8 Å². The second-order valence-corrected chi connectivity index (χ2v) is 9.37. The number of hydrogen-bond donors (Lipinski definition) is 1. The monoisotopic (exact) mass is 474 g/mol. The second-order valence-electron chi connectivity index (χ2n) is 7.85. The Bertz CT molecular complexity index is 1060. The largest absolute Gasteiger partial charge is 0.486 e. The molecule has 3 aromatic rings. The maximum absolute atomic E-state index is 13.4. The summed E-state index contributed by atoms with van der Waals surface area (Å²) < 4.78 is 24.7. The number of ether oxygens (including phenoxy) is 2. The van der Waals surface area contributed by atoms with Crippen LogP contribution in [-0.4, -0.2) is 30.6 Å². The van der Waals surface area contributed by atoms with Crippen LogP contribution in [0.2, 0.25) is 5.02 Å². The summed E-state index contributed by atoms with van der Waals surface area (Å²) >= 11 is 7.22. The number of aromatic nitrogens is 1. The first-order valence-electron chi connectivity index (χ1n) is 10.4. The van der Waals surface area contributed by atoms with E-state index in [1.807, 2.05) is 6.92 Å². The van der Waals surface area contributed by atoms with Crippen molar-refractivity contribution in [3.63, 3.8) is 0 Å². The standard InChI is InChI=1S/C24H24ClFN2O3S/c1-16-22(32-21(28-16)14-31-20-8-4-18(25)5-9-20)23(29)27-15-24(10-12-30-13-11-24)17-2-6-19(26)7-3-17/h2-9H,10-15H2,1H3,(H,27,29). The number of thiazole rings is 1. The molecule has 1 aromatic heterocycles. The summed E-state index contributed by atoms with van der Waals surface area (Å²) in [5, 5.41) is 4.45. The molecule has 0 radical (unpaired) electrons. The molecule has 1 aliphatic heterocycles. The highest BCUT2D eigenvalue weighted by Gasteiger charge is 2.35. The van der Waals surface area contributed by atoms with Gasteiger partial charge in [-0.05, 0) is 61.7 Å². The van der Waals surface area contributed by atoms with E-state index in [0.29, 0.717) is 41.1 Å². The first-order chi connectivity index (χ1) is 15.4. The minimum atomic E-state index is -0.277. The van der Waals surface area contributed by atoms with Gasteiger partial charge in [0.1, 0.15) is 28.1 Å². The third-order valence-corrected chi connectivity index (χ3v) is 7.10. The normalized spacial score (nSPS) is 15.3. The predicted molar refractivity (Wildman–Crippen MR) is 123 cm³/mol. The smallest absolute Gasteiger partial charge is 0.263 e. The summed E-state index contributed by atoms with van der Waals surface area (Å²) in [5.74, 6) is 0.258. The van der Waals surface area contributed by atoms with Gasteiger partial charge in [0.25, 0.3) is 5.91 Å². The quantitative estimate of drug-likeness (QED) is 0.504. The lowest BCUT2D eigenvalue weighted by molar-refractivity contribution is 0.0487. The SMILES string of the molecule is Cc1nc(COc2ccc(Cl)cc2)sc1C(=O)NCC1(c2ccc(F)cc2)CCOCC1. The number of rotatable bonds is 7. The van der Waals surface area contributed by atoms with Gasteiger partial charge in [-0.3, -0.25) is 4.79 Å². The average Bonchev–Trinajstić information content (AvgIpc) is 3.19. The molecule has 1 aliphatic rings. The van der Waals surface area contributed by atoms with Crippen LogP contribution in [0.4, 0.5) is 4.39 Å². The lowest BCUT2D eigenvalue weighted by atomic mass is 9.74. The number of aryl methyl sites for hydroxylation is 1. The Morgan fingerprint density at radius 3 is 2.56 bits per heavy atom. The zero-order chi connectivity index (χ0) is 22.6. The molecule has 0 aliphatic carbocycles. The van der Waals surface area contributed by atoms with Gasteiger partial charge in [-0.1, -0.05) is 23.7 Å². The van der Waals surface area contributed by atoms with Gasteiger partial charge in [0.05, 0.1) is 5.69 Å². The van der Waals surface area contributed by atoms with E-state index in [1.165, 1.54) is 23.5 Å². The third kappa shape index (κ3) is 5.28. The van der Waals surface area contributed by atoms with Crippen molar-refractivity contribution >= 4 is 28.8 Å². The van der Waals surface area contributed by atoms with Crippen LogP contribution in [-0.2, 0) is 16.8 Å². The van der Waals surface area contributed by atoms with Gasteiger partial charge in [-0.2, -0.15) is 0 Å². The topological polar surface area (TPSA) is 60.5 Å². The summed E-state index contributed by atoms with van der Waals surface area (Å²) in [6.07, 6.45) is 1.53. The maximum atomic E-state index is 13.4. The summed E-state index contributed by atoms with van der Waals surface area (Å²) in [6, 6.07) is 13.6. The molecule has 1 N–H and O–H groups in total. The van der Waals surface area contributed by atoms with E-state index in [4.69, 9.17) is 21.1 Å². The van der Waals surface area contributed by atoms with Crippen LogP contribution >= 0.6 is 22.9 Å². The van der Waals surface area contributed by atoms with E-state index in [-0.39, 0.29) is 23.7 Å². The summed E-state index contributed by atoms with van der Waals surface area (Å²) in [7, 11) is 0. The molecule has 0 saturated carbocycles. The molecule has 0 unspecified atom stereocenters. The summed E-state index contributed by atoms with van der Waals surface area (Å²) in [4.78, 5) is 18.0. The number of benzene rings is 2. The van der Waals surface area contributed by atoms with E-state index < -0.39 is 0 Å². The molecular formula is C24H24ClFN2O3S. The lowest BCUT2D eigenvalue weighted by Crippen LogP contribution is -2.44. The van der Waals surface area contributed by atoms with Crippen molar-refractivity contribution in [1.29, 1.82) is 0 Å². The van der Waals surface area contributed by atoms with Crippen molar-refractivity contribution in [3.05, 3.63) is 80.5 Å². The minimum absolute atomic E-state index is 0.161. The molecule has 0 atom stereocenters.